The Bertz CT molecular complexity index is 525. The molecule has 3 N–H and O–H groups in total. The van der Waals surface area contributed by atoms with Gasteiger partial charge < -0.3 is 15.8 Å². The average molecular weight is 270 g/mol. The summed E-state index contributed by atoms with van der Waals surface area (Å²) < 4.78 is 4.73. The van der Waals surface area contributed by atoms with Crippen LogP contribution in [0.2, 0.25) is 0 Å². The highest BCUT2D eigenvalue weighted by molar-refractivity contribution is 6.04. The second kappa shape index (κ2) is 7.43. The predicted octanol–water partition coefficient (Wildman–Crippen LogP) is 2.28. The molecule has 1 heterocycles. The molecule has 0 bridgehead atoms. The van der Waals surface area contributed by atoms with Crippen molar-refractivity contribution < 1.29 is 9.53 Å². The van der Waals surface area contributed by atoms with Gasteiger partial charge in [-0.25, -0.2) is 0 Å². The van der Waals surface area contributed by atoms with Gasteiger partial charge in [-0.05, 0) is 24.3 Å². The van der Waals surface area contributed by atoms with Crippen LogP contribution in [0.4, 0.5) is 5.69 Å². The molecule has 0 radical (unpaired) electrons. The summed E-state index contributed by atoms with van der Waals surface area (Å²) in [5, 5.41) is 2.82. The zero-order chi connectivity index (χ0) is 14.2. The van der Waals surface area contributed by atoms with E-state index in [2.05, 4.69) is 5.32 Å². The van der Waals surface area contributed by atoms with Crippen molar-refractivity contribution in [1.29, 1.82) is 0 Å². The molecular formula is C16H18N2O2. The molecule has 4 heteroatoms. The molecule has 0 aromatic heterocycles. The summed E-state index contributed by atoms with van der Waals surface area (Å²) in [6.45, 7) is 1.58. The molecule has 1 saturated heterocycles. The number of para-hydroxylation sites is 1. The first-order valence-electron chi connectivity index (χ1n) is 6.52. The van der Waals surface area contributed by atoms with Gasteiger partial charge in [0.1, 0.15) is 0 Å². The monoisotopic (exact) mass is 270 g/mol. The molecule has 3 rings (SSSR count). The fourth-order valence-electron chi connectivity index (χ4n) is 1.52. The van der Waals surface area contributed by atoms with Gasteiger partial charge in [0.25, 0.3) is 5.91 Å². The molecule has 4 nitrogen and oxygen atoms in total. The normalized spacial score (nSPS) is 15.8. The second-order valence-electron chi connectivity index (χ2n) is 4.38. The summed E-state index contributed by atoms with van der Waals surface area (Å²) in [4.78, 5) is 11.7. The number of nitrogens with two attached hydrogens (primary N) is 1. The van der Waals surface area contributed by atoms with Gasteiger partial charge in [-0.1, -0.05) is 36.4 Å². The second-order valence-corrected chi connectivity index (χ2v) is 4.38. The highest BCUT2D eigenvalue weighted by Gasteiger charge is 2.18. The summed E-state index contributed by atoms with van der Waals surface area (Å²) in [6, 6.07) is 18.6. The van der Waals surface area contributed by atoms with Gasteiger partial charge in [0, 0.05) is 17.8 Å². The van der Waals surface area contributed by atoms with E-state index in [1.165, 1.54) is 0 Å². The molecule has 1 aliphatic heterocycles. The topological polar surface area (TPSA) is 67.6 Å². The average Bonchev–Trinajstić information content (AvgIpc) is 3.34. The predicted molar refractivity (Wildman–Crippen MR) is 79.6 cm³/mol. The van der Waals surface area contributed by atoms with Crippen molar-refractivity contribution in [3.63, 3.8) is 0 Å². The number of carbonyl (C=O) groups excluding carboxylic acids is 1. The first-order valence-corrected chi connectivity index (χ1v) is 6.52. The molecule has 104 valence electrons. The number of carbonyl (C=O) groups is 1. The first-order chi connectivity index (χ1) is 9.79. The molecule has 0 saturated carbocycles. The number of anilines is 1. The zero-order valence-corrected chi connectivity index (χ0v) is 11.2. The van der Waals surface area contributed by atoms with Gasteiger partial charge in [0.15, 0.2) is 0 Å². The van der Waals surface area contributed by atoms with E-state index in [0.29, 0.717) is 18.2 Å². The van der Waals surface area contributed by atoms with E-state index in [4.69, 9.17) is 10.5 Å². The maximum Gasteiger partial charge on any atom is 0.255 e. The van der Waals surface area contributed by atoms with E-state index < -0.39 is 0 Å². The van der Waals surface area contributed by atoms with Crippen LogP contribution in [0, 0.1) is 0 Å². The number of epoxide rings is 1. The molecule has 1 fully saturated rings. The molecule has 20 heavy (non-hydrogen) atoms. The van der Waals surface area contributed by atoms with Gasteiger partial charge in [-0.2, -0.15) is 0 Å². The zero-order valence-electron chi connectivity index (χ0n) is 11.2. The number of benzene rings is 2. The minimum absolute atomic E-state index is 0.0817. The molecule has 1 atom stereocenters. The van der Waals surface area contributed by atoms with Crippen molar-refractivity contribution in [3.8, 4) is 0 Å². The number of hydrogen-bond acceptors (Lipinski definition) is 3. The van der Waals surface area contributed by atoms with Crippen molar-refractivity contribution in [2.45, 2.75) is 6.10 Å². The third kappa shape index (κ3) is 4.84. The van der Waals surface area contributed by atoms with Crippen LogP contribution in [0.25, 0.3) is 0 Å². The van der Waals surface area contributed by atoms with Crippen LogP contribution >= 0.6 is 0 Å². The molecule has 2 aromatic rings. The van der Waals surface area contributed by atoms with Crippen LogP contribution in [0.1, 0.15) is 10.4 Å². The van der Waals surface area contributed by atoms with Crippen molar-refractivity contribution in [1.82, 2.24) is 0 Å². The Kier molecular flexibility index (Phi) is 5.29. The number of rotatable bonds is 3. The number of ether oxygens (including phenoxy) is 1. The Hall–Kier alpha value is -2.17. The minimum Gasteiger partial charge on any atom is -0.372 e. The quantitative estimate of drug-likeness (QED) is 0.841. The Labute approximate surface area is 118 Å². The molecule has 1 amide bonds. The Morgan fingerprint density at radius 1 is 1.10 bits per heavy atom. The van der Waals surface area contributed by atoms with Gasteiger partial charge >= 0.3 is 0 Å². The Morgan fingerprint density at radius 3 is 2.10 bits per heavy atom. The Balaban J connectivity index is 0.000000247. The van der Waals surface area contributed by atoms with Gasteiger partial charge in [-0.15, -0.1) is 0 Å². The highest BCUT2D eigenvalue weighted by Crippen LogP contribution is 2.08. The first kappa shape index (κ1) is 14.2. The van der Waals surface area contributed by atoms with Crippen molar-refractivity contribution in [2.75, 3.05) is 18.5 Å². The molecule has 1 aliphatic rings. The molecule has 0 aliphatic carbocycles. The summed E-state index contributed by atoms with van der Waals surface area (Å²) in [6.07, 6.45) is 0.412. The van der Waals surface area contributed by atoms with E-state index in [1.807, 2.05) is 48.5 Å². The summed E-state index contributed by atoms with van der Waals surface area (Å²) in [5.74, 6) is -0.0817. The lowest BCUT2D eigenvalue weighted by molar-refractivity contribution is 0.102. The maximum absolute atomic E-state index is 11.7. The molecule has 0 spiro atoms. The van der Waals surface area contributed by atoms with E-state index in [0.717, 1.165) is 12.3 Å². The third-order valence-corrected chi connectivity index (χ3v) is 2.73. The number of amides is 1. The summed E-state index contributed by atoms with van der Waals surface area (Å²) >= 11 is 0. The van der Waals surface area contributed by atoms with Crippen LogP contribution < -0.4 is 11.1 Å². The standard InChI is InChI=1S/C13H11NO.C3H7NO/c15-13(11-7-3-1-4-8-11)14-12-9-5-2-6-10-12;4-1-3-2-5-3/h1-10H,(H,14,15);3H,1-2,4H2. The summed E-state index contributed by atoms with van der Waals surface area (Å²) in [7, 11) is 0. The largest absolute Gasteiger partial charge is 0.372 e. The maximum atomic E-state index is 11.7. The van der Waals surface area contributed by atoms with Crippen LogP contribution in [-0.2, 0) is 4.74 Å². The van der Waals surface area contributed by atoms with Crippen LogP contribution in [0.5, 0.6) is 0 Å². The fraction of sp³-hybridized carbons (Fsp3) is 0.188. The lowest BCUT2D eigenvalue weighted by Gasteiger charge is -2.03. The van der Waals surface area contributed by atoms with Crippen LogP contribution in [0.3, 0.4) is 0 Å². The minimum atomic E-state index is -0.0817. The van der Waals surface area contributed by atoms with E-state index in [-0.39, 0.29) is 5.91 Å². The van der Waals surface area contributed by atoms with Gasteiger partial charge in [0.2, 0.25) is 0 Å². The van der Waals surface area contributed by atoms with Crippen molar-refractivity contribution >= 4 is 11.6 Å². The lowest BCUT2D eigenvalue weighted by Crippen LogP contribution is -2.11. The Morgan fingerprint density at radius 2 is 1.65 bits per heavy atom. The van der Waals surface area contributed by atoms with E-state index in [1.54, 1.807) is 12.1 Å². The van der Waals surface area contributed by atoms with Gasteiger partial charge in [-0.3, -0.25) is 4.79 Å². The van der Waals surface area contributed by atoms with Crippen LogP contribution in [-0.4, -0.2) is 25.2 Å². The highest BCUT2D eigenvalue weighted by atomic mass is 16.6. The molecule has 1 unspecified atom stereocenters. The fourth-order valence-corrected chi connectivity index (χ4v) is 1.52. The van der Waals surface area contributed by atoms with E-state index >= 15 is 0 Å². The lowest BCUT2D eigenvalue weighted by atomic mass is 10.2. The summed E-state index contributed by atoms with van der Waals surface area (Å²) in [5.41, 5.74) is 6.59. The molecule has 2 aromatic carbocycles. The third-order valence-electron chi connectivity index (χ3n) is 2.73. The van der Waals surface area contributed by atoms with E-state index in [9.17, 15) is 4.79 Å². The van der Waals surface area contributed by atoms with Gasteiger partial charge in [0.05, 0.1) is 12.7 Å². The smallest absolute Gasteiger partial charge is 0.255 e. The molecular weight excluding hydrogens is 252 g/mol. The van der Waals surface area contributed by atoms with Crippen molar-refractivity contribution in [3.05, 3.63) is 66.2 Å². The number of nitrogens with one attached hydrogen (secondary N) is 1. The number of hydrogen-bond donors (Lipinski definition) is 2. The SMILES string of the molecule is NCC1CO1.O=C(Nc1ccccc1)c1ccccc1. The van der Waals surface area contributed by atoms with Crippen LogP contribution in [0.15, 0.2) is 60.7 Å². The van der Waals surface area contributed by atoms with Crippen molar-refractivity contribution in [2.24, 2.45) is 5.73 Å².